The van der Waals surface area contributed by atoms with Crippen molar-refractivity contribution in [1.82, 2.24) is 18.9 Å². The molecule has 1 aliphatic rings. The molecule has 9 heteroatoms. The zero-order valence-electron chi connectivity index (χ0n) is 15.6. The zero-order valence-corrected chi connectivity index (χ0v) is 16.4. The molecule has 0 fully saturated rings. The first kappa shape index (κ1) is 17.7. The number of aryl methyl sites for hydroxylation is 2. The van der Waals surface area contributed by atoms with Gasteiger partial charge in [-0.25, -0.2) is 4.79 Å². The minimum atomic E-state index is -0.303. The number of benzene rings is 1. The minimum absolute atomic E-state index is 0.00271. The van der Waals surface area contributed by atoms with Gasteiger partial charge in [-0.1, -0.05) is 6.07 Å². The normalized spacial score (nSPS) is 17.2. The highest BCUT2D eigenvalue weighted by Gasteiger charge is 2.31. The predicted octanol–water partition coefficient (Wildman–Crippen LogP) is 1.72. The Morgan fingerprint density at radius 2 is 1.81 bits per heavy atom. The van der Waals surface area contributed by atoms with E-state index in [2.05, 4.69) is 10.4 Å². The lowest BCUT2D eigenvalue weighted by Gasteiger charge is -2.15. The lowest BCUT2D eigenvalue weighted by Crippen LogP contribution is -2.19. The number of rotatable bonds is 2. The molecule has 1 atom stereocenters. The Labute approximate surface area is 159 Å². The van der Waals surface area contributed by atoms with E-state index in [-0.39, 0.29) is 34.2 Å². The van der Waals surface area contributed by atoms with Gasteiger partial charge in [-0.15, -0.1) is 11.8 Å². The van der Waals surface area contributed by atoms with Gasteiger partial charge in [0, 0.05) is 20.1 Å². The maximum absolute atomic E-state index is 12.7. The first-order chi connectivity index (χ1) is 12.8. The minimum Gasteiger partial charge on any atom is -0.310 e. The number of anilines is 1. The summed E-state index contributed by atoms with van der Waals surface area (Å²) < 4.78 is 4.89. The van der Waals surface area contributed by atoms with Crippen molar-refractivity contribution in [1.29, 1.82) is 0 Å². The molecule has 0 saturated carbocycles. The average Bonchev–Trinajstić information content (AvgIpc) is 2.97. The van der Waals surface area contributed by atoms with Crippen LogP contribution < -0.4 is 16.6 Å². The number of H-pyrrole nitrogens is 1. The van der Waals surface area contributed by atoms with E-state index in [9.17, 15) is 14.4 Å². The second-order valence-corrected chi connectivity index (χ2v) is 8.15. The van der Waals surface area contributed by atoms with Crippen LogP contribution in [-0.4, -0.2) is 30.6 Å². The monoisotopic (exact) mass is 387 g/mol. The summed E-state index contributed by atoms with van der Waals surface area (Å²) in [7, 11) is 3.46. The molecule has 142 valence electrons. The van der Waals surface area contributed by atoms with Crippen molar-refractivity contribution < 1.29 is 4.79 Å². The van der Waals surface area contributed by atoms with Gasteiger partial charge in [0.05, 0.1) is 27.6 Å². The molecule has 2 aromatic heterocycles. The summed E-state index contributed by atoms with van der Waals surface area (Å²) in [6.07, 6.45) is 0. The number of nitrogens with zero attached hydrogens (tertiary/aromatic N) is 3. The van der Waals surface area contributed by atoms with Crippen molar-refractivity contribution in [3.63, 3.8) is 0 Å². The maximum atomic E-state index is 12.7. The van der Waals surface area contributed by atoms with Crippen LogP contribution in [0.4, 0.5) is 5.82 Å². The van der Waals surface area contributed by atoms with Gasteiger partial charge < -0.3 is 5.32 Å². The van der Waals surface area contributed by atoms with Gasteiger partial charge in [-0.05, 0) is 31.5 Å². The molecule has 0 bridgehead atoms. The van der Waals surface area contributed by atoms with E-state index >= 15 is 0 Å². The maximum Gasteiger partial charge on any atom is 0.328 e. The van der Waals surface area contributed by atoms with Crippen molar-refractivity contribution in [2.24, 2.45) is 14.1 Å². The lowest BCUT2D eigenvalue weighted by atomic mass is 10.1. The Hall–Kier alpha value is -2.68. The number of thioether (sulfide) groups is 1. The number of carbonyl (C=O) groups excluding carboxylic acids is 1. The number of amides is 1. The average molecular weight is 387 g/mol. The Morgan fingerprint density at radius 1 is 1.11 bits per heavy atom. The molecule has 2 N–H and O–H groups in total. The number of aromatic nitrogens is 4. The van der Waals surface area contributed by atoms with Crippen LogP contribution in [0.1, 0.15) is 36.3 Å². The van der Waals surface area contributed by atoms with Crippen molar-refractivity contribution in [2.75, 3.05) is 11.1 Å². The fourth-order valence-electron chi connectivity index (χ4n) is 3.58. The third-order valence-corrected chi connectivity index (χ3v) is 6.25. The van der Waals surface area contributed by atoms with E-state index in [0.29, 0.717) is 11.4 Å². The highest BCUT2D eigenvalue weighted by molar-refractivity contribution is 8.00. The summed E-state index contributed by atoms with van der Waals surface area (Å²) in [5.74, 6) is 0.644. The summed E-state index contributed by atoms with van der Waals surface area (Å²) in [5, 5.41) is 5.40. The van der Waals surface area contributed by atoms with Crippen LogP contribution in [0, 0.1) is 0 Å². The first-order valence-electron chi connectivity index (χ1n) is 8.70. The third kappa shape index (κ3) is 2.64. The quantitative estimate of drug-likeness (QED) is 0.700. The highest BCUT2D eigenvalue weighted by Crippen LogP contribution is 2.40. The van der Waals surface area contributed by atoms with E-state index in [1.807, 2.05) is 32.0 Å². The fourth-order valence-corrected chi connectivity index (χ4v) is 4.70. The van der Waals surface area contributed by atoms with Crippen LogP contribution in [0.25, 0.3) is 11.0 Å². The molecule has 1 amide bonds. The fraction of sp³-hybridized carbons (Fsp3) is 0.389. The smallest absolute Gasteiger partial charge is 0.310 e. The molecule has 3 aromatic rings. The van der Waals surface area contributed by atoms with Gasteiger partial charge in [-0.2, -0.15) is 0 Å². The highest BCUT2D eigenvalue weighted by atomic mass is 32.2. The topological polar surface area (TPSA) is 93.8 Å². The number of fused-ring (bicyclic) bond motifs is 2. The molecular weight excluding hydrogens is 366 g/mol. The van der Waals surface area contributed by atoms with Gasteiger partial charge >= 0.3 is 5.69 Å². The molecule has 0 radical (unpaired) electrons. The van der Waals surface area contributed by atoms with Gasteiger partial charge in [0.2, 0.25) is 5.91 Å². The van der Waals surface area contributed by atoms with Crippen LogP contribution in [-0.2, 0) is 18.9 Å². The van der Waals surface area contributed by atoms with Crippen LogP contribution in [0.5, 0.6) is 0 Å². The molecule has 1 aliphatic heterocycles. The molecule has 0 aliphatic carbocycles. The third-order valence-electron chi connectivity index (χ3n) is 4.98. The van der Waals surface area contributed by atoms with Crippen molar-refractivity contribution in [2.45, 2.75) is 25.1 Å². The van der Waals surface area contributed by atoms with Crippen molar-refractivity contribution in [3.8, 4) is 0 Å². The number of carbonyl (C=O) groups is 1. The second-order valence-electron chi connectivity index (χ2n) is 7.05. The molecule has 8 nitrogen and oxygen atoms in total. The SMILES string of the molecule is CC(C)n1[nH]c(=O)c2c1NC(=O)CSC2c1ccc2c(c1)n(C)c(=O)n2C. The number of nitrogens with one attached hydrogen (secondary N) is 2. The molecule has 3 heterocycles. The summed E-state index contributed by atoms with van der Waals surface area (Å²) in [4.78, 5) is 37.1. The van der Waals surface area contributed by atoms with Gasteiger partial charge in [-0.3, -0.25) is 28.5 Å². The van der Waals surface area contributed by atoms with Gasteiger partial charge in [0.25, 0.3) is 5.56 Å². The number of aromatic amines is 1. The molecule has 0 spiro atoms. The Morgan fingerprint density at radius 3 is 2.52 bits per heavy atom. The first-order valence-corrected chi connectivity index (χ1v) is 9.75. The standard InChI is InChI=1S/C18H21N5O3S/c1-9(2)23-16-14(17(25)20-23)15(27-8-13(24)19-16)10-5-6-11-12(7-10)22(4)18(26)21(11)3/h5-7,9,15H,8H2,1-4H3,(H,19,24)(H,20,25). The number of imidazole rings is 1. The van der Waals surface area contributed by atoms with Crippen molar-refractivity contribution >= 4 is 34.5 Å². The second kappa shape index (κ2) is 6.19. The van der Waals surface area contributed by atoms with Crippen LogP contribution in [0.15, 0.2) is 27.8 Å². The summed E-state index contributed by atoms with van der Waals surface area (Å²) in [5.41, 5.74) is 2.74. The summed E-state index contributed by atoms with van der Waals surface area (Å²) >= 11 is 1.41. The molecule has 1 aromatic carbocycles. The Kier molecular flexibility index (Phi) is 4.06. The van der Waals surface area contributed by atoms with Crippen LogP contribution in [0.3, 0.4) is 0 Å². The Balaban J connectivity index is 1.94. The van der Waals surface area contributed by atoms with E-state index in [4.69, 9.17) is 0 Å². The molecule has 4 rings (SSSR count). The molecule has 0 saturated heterocycles. The lowest BCUT2D eigenvalue weighted by molar-refractivity contribution is -0.113. The predicted molar refractivity (Wildman–Crippen MR) is 107 cm³/mol. The van der Waals surface area contributed by atoms with E-state index < -0.39 is 0 Å². The van der Waals surface area contributed by atoms with Gasteiger partial charge in [0.15, 0.2) is 0 Å². The van der Waals surface area contributed by atoms with E-state index in [1.54, 1.807) is 27.9 Å². The molecule has 1 unspecified atom stereocenters. The van der Waals surface area contributed by atoms with E-state index in [0.717, 1.165) is 16.6 Å². The summed E-state index contributed by atoms with van der Waals surface area (Å²) in [6.45, 7) is 3.89. The van der Waals surface area contributed by atoms with Crippen LogP contribution in [0.2, 0.25) is 0 Å². The molecular formula is C18H21N5O3S. The zero-order chi connectivity index (χ0) is 19.5. The Bertz CT molecular complexity index is 1180. The van der Waals surface area contributed by atoms with Crippen molar-refractivity contribution in [3.05, 3.63) is 50.2 Å². The largest absolute Gasteiger partial charge is 0.328 e. The van der Waals surface area contributed by atoms with Gasteiger partial charge in [0.1, 0.15) is 5.82 Å². The summed E-state index contributed by atoms with van der Waals surface area (Å²) in [6, 6.07) is 5.74. The van der Waals surface area contributed by atoms with E-state index in [1.165, 1.54) is 11.8 Å². The van der Waals surface area contributed by atoms with Crippen LogP contribution >= 0.6 is 11.8 Å². The number of hydrogen-bond acceptors (Lipinski definition) is 4. The molecule has 27 heavy (non-hydrogen) atoms. The number of hydrogen-bond donors (Lipinski definition) is 2.